The highest BCUT2D eigenvalue weighted by molar-refractivity contribution is 5.31. The van der Waals surface area contributed by atoms with Crippen molar-refractivity contribution in [2.24, 2.45) is 5.92 Å². The van der Waals surface area contributed by atoms with Gasteiger partial charge in [0.15, 0.2) is 0 Å². The van der Waals surface area contributed by atoms with Crippen molar-refractivity contribution in [2.45, 2.75) is 39.3 Å². The van der Waals surface area contributed by atoms with Gasteiger partial charge in [-0.05, 0) is 37.6 Å². The molecule has 0 radical (unpaired) electrons. The molecule has 1 fully saturated rings. The van der Waals surface area contributed by atoms with Crippen molar-refractivity contribution in [3.05, 3.63) is 29.8 Å². The minimum Gasteiger partial charge on any atom is -0.494 e. The fraction of sp³-hybridized carbons (Fsp3) is 0.625. The molecule has 112 valence electrons. The first kappa shape index (κ1) is 15.3. The highest BCUT2D eigenvalue weighted by Crippen LogP contribution is 2.30. The molecule has 3 atom stereocenters. The number of nitrogens with one attached hydrogen (secondary N) is 3. The maximum atomic E-state index is 5.73. The van der Waals surface area contributed by atoms with Crippen LogP contribution in [0.25, 0.3) is 0 Å². The second kappa shape index (κ2) is 7.62. The first-order chi connectivity index (χ1) is 9.76. The summed E-state index contributed by atoms with van der Waals surface area (Å²) in [6.45, 7) is 9.30. The fourth-order valence-electron chi connectivity index (χ4n) is 2.68. The summed E-state index contributed by atoms with van der Waals surface area (Å²) >= 11 is 0. The summed E-state index contributed by atoms with van der Waals surface area (Å²) in [6.07, 6.45) is 1.04. The molecule has 0 saturated carbocycles. The van der Waals surface area contributed by atoms with Gasteiger partial charge in [0, 0.05) is 18.5 Å². The Morgan fingerprint density at radius 2 is 2.10 bits per heavy atom. The molecule has 1 heterocycles. The van der Waals surface area contributed by atoms with Gasteiger partial charge in [-0.15, -0.1) is 0 Å². The molecule has 3 unspecified atom stereocenters. The maximum Gasteiger partial charge on any atom is 0.119 e. The average molecular weight is 277 g/mol. The van der Waals surface area contributed by atoms with E-state index < -0.39 is 0 Å². The average Bonchev–Trinajstić information content (AvgIpc) is 2.84. The molecule has 1 aliphatic rings. The van der Waals surface area contributed by atoms with Crippen LogP contribution in [-0.4, -0.2) is 25.7 Å². The van der Waals surface area contributed by atoms with Gasteiger partial charge < -0.3 is 10.1 Å². The first-order valence-corrected chi connectivity index (χ1v) is 7.70. The van der Waals surface area contributed by atoms with Gasteiger partial charge in [-0.2, -0.15) is 0 Å². The molecule has 1 aliphatic heterocycles. The lowest BCUT2D eigenvalue weighted by Crippen LogP contribution is -2.32. The van der Waals surface area contributed by atoms with Crippen LogP contribution in [0.3, 0.4) is 0 Å². The molecule has 1 saturated heterocycles. The van der Waals surface area contributed by atoms with Gasteiger partial charge in [-0.1, -0.05) is 26.0 Å². The van der Waals surface area contributed by atoms with Gasteiger partial charge in [-0.3, -0.25) is 5.43 Å². The summed E-state index contributed by atoms with van der Waals surface area (Å²) in [7, 11) is 0. The zero-order valence-corrected chi connectivity index (χ0v) is 12.8. The van der Waals surface area contributed by atoms with Crippen molar-refractivity contribution < 1.29 is 4.74 Å². The third kappa shape index (κ3) is 3.72. The predicted octanol–water partition coefficient (Wildman–Crippen LogP) is 2.24. The highest BCUT2D eigenvalue weighted by Gasteiger charge is 2.33. The van der Waals surface area contributed by atoms with E-state index in [0.29, 0.717) is 18.0 Å². The van der Waals surface area contributed by atoms with Gasteiger partial charge >= 0.3 is 0 Å². The van der Waals surface area contributed by atoms with Crippen molar-refractivity contribution >= 4 is 0 Å². The minimum absolute atomic E-state index is 0.328. The lowest BCUT2D eigenvalue weighted by atomic mass is 9.90. The lowest BCUT2D eigenvalue weighted by molar-refractivity contribution is 0.316. The summed E-state index contributed by atoms with van der Waals surface area (Å²) in [5, 5.41) is 3.46. The lowest BCUT2D eigenvalue weighted by Gasteiger charge is -2.22. The first-order valence-electron chi connectivity index (χ1n) is 7.70. The van der Waals surface area contributed by atoms with Gasteiger partial charge in [-0.25, -0.2) is 5.43 Å². The molecule has 4 nitrogen and oxygen atoms in total. The Kier molecular flexibility index (Phi) is 5.83. The van der Waals surface area contributed by atoms with Crippen molar-refractivity contribution in [1.29, 1.82) is 0 Å². The predicted molar refractivity (Wildman–Crippen MR) is 82.7 cm³/mol. The van der Waals surface area contributed by atoms with Crippen molar-refractivity contribution in [3.63, 3.8) is 0 Å². The van der Waals surface area contributed by atoms with Gasteiger partial charge in [0.2, 0.25) is 0 Å². The number of hydrogen-bond acceptors (Lipinski definition) is 4. The second-order valence-corrected chi connectivity index (χ2v) is 5.45. The molecule has 4 heteroatoms. The van der Waals surface area contributed by atoms with Crippen molar-refractivity contribution in [3.8, 4) is 5.75 Å². The van der Waals surface area contributed by atoms with E-state index in [1.807, 2.05) is 6.07 Å². The molecule has 0 amide bonds. The summed E-state index contributed by atoms with van der Waals surface area (Å²) in [4.78, 5) is 0. The Bertz CT molecular complexity index is 410. The summed E-state index contributed by atoms with van der Waals surface area (Å²) < 4.78 is 5.73. The van der Waals surface area contributed by atoms with E-state index >= 15 is 0 Å². The highest BCUT2D eigenvalue weighted by atomic mass is 16.5. The summed E-state index contributed by atoms with van der Waals surface area (Å²) in [6, 6.07) is 9.23. The van der Waals surface area contributed by atoms with Crippen LogP contribution in [0.2, 0.25) is 0 Å². The normalized spacial score (nSPS) is 25.9. The Balaban J connectivity index is 2.08. The van der Waals surface area contributed by atoms with Crippen LogP contribution in [0.1, 0.15) is 38.8 Å². The quantitative estimate of drug-likeness (QED) is 0.715. The van der Waals surface area contributed by atoms with Gasteiger partial charge in [0.25, 0.3) is 0 Å². The monoisotopic (exact) mass is 277 g/mol. The van der Waals surface area contributed by atoms with E-state index in [1.54, 1.807) is 0 Å². The molecular formula is C16H27N3O. The Morgan fingerprint density at radius 1 is 1.25 bits per heavy atom. The molecule has 20 heavy (non-hydrogen) atoms. The van der Waals surface area contributed by atoms with Crippen molar-refractivity contribution in [1.82, 2.24) is 16.2 Å². The summed E-state index contributed by atoms with van der Waals surface area (Å²) in [5.41, 5.74) is 8.07. The smallest absolute Gasteiger partial charge is 0.119 e. The largest absolute Gasteiger partial charge is 0.494 e. The summed E-state index contributed by atoms with van der Waals surface area (Å²) in [5.74, 6) is 1.50. The zero-order valence-electron chi connectivity index (χ0n) is 12.8. The molecular weight excluding hydrogens is 250 g/mol. The van der Waals surface area contributed by atoms with Crippen molar-refractivity contribution in [2.75, 3.05) is 19.7 Å². The molecule has 1 aromatic carbocycles. The van der Waals surface area contributed by atoms with E-state index in [9.17, 15) is 0 Å². The SMILES string of the molecule is CCCOc1cccc(C2NNC(C)C2CNCC)c1. The van der Waals surface area contributed by atoms with Gasteiger partial charge in [0.1, 0.15) is 5.75 Å². The topological polar surface area (TPSA) is 45.3 Å². The molecule has 1 aromatic rings. The third-order valence-corrected chi connectivity index (χ3v) is 3.86. The molecule has 0 aliphatic carbocycles. The van der Waals surface area contributed by atoms with Crippen LogP contribution in [0, 0.1) is 5.92 Å². The van der Waals surface area contributed by atoms with Crippen LogP contribution in [-0.2, 0) is 0 Å². The van der Waals surface area contributed by atoms with E-state index in [4.69, 9.17) is 4.74 Å². The second-order valence-electron chi connectivity index (χ2n) is 5.45. The van der Waals surface area contributed by atoms with Crippen LogP contribution in [0.15, 0.2) is 24.3 Å². The molecule has 0 bridgehead atoms. The van der Waals surface area contributed by atoms with Crippen LogP contribution in [0.5, 0.6) is 5.75 Å². The van der Waals surface area contributed by atoms with Crippen LogP contribution < -0.4 is 20.9 Å². The minimum atomic E-state index is 0.328. The van der Waals surface area contributed by atoms with E-state index in [-0.39, 0.29) is 0 Å². The number of ether oxygens (including phenoxy) is 1. The molecule has 0 aromatic heterocycles. The number of rotatable bonds is 7. The zero-order chi connectivity index (χ0) is 14.4. The van der Waals surface area contributed by atoms with E-state index in [0.717, 1.165) is 31.9 Å². The third-order valence-electron chi connectivity index (χ3n) is 3.86. The number of hydrogen-bond donors (Lipinski definition) is 3. The number of hydrazine groups is 1. The van der Waals surface area contributed by atoms with Gasteiger partial charge in [0.05, 0.1) is 12.6 Å². The Morgan fingerprint density at radius 3 is 2.85 bits per heavy atom. The Hall–Kier alpha value is -1.10. The Labute approximate surface area is 122 Å². The molecule has 0 spiro atoms. The molecule has 3 N–H and O–H groups in total. The number of benzene rings is 1. The maximum absolute atomic E-state index is 5.73. The fourth-order valence-corrected chi connectivity index (χ4v) is 2.68. The standard InChI is InChI=1S/C16H27N3O/c1-4-9-20-14-8-6-7-13(10-14)16-15(11-17-5-2)12(3)18-19-16/h6-8,10,12,15-19H,4-5,9,11H2,1-3H3. The van der Waals surface area contributed by atoms with Crippen LogP contribution in [0.4, 0.5) is 0 Å². The van der Waals surface area contributed by atoms with Crippen LogP contribution >= 0.6 is 0 Å². The molecule has 2 rings (SSSR count). The van der Waals surface area contributed by atoms with E-state index in [2.05, 4.69) is 55.1 Å². The van der Waals surface area contributed by atoms with E-state index in [1.165, 1.54) is 5.56 Å².